The van der Waals surface area contributed by atoms with E-state index in [0.29, 0.717) is 47.4 Å². The van der Waals surface area contributed by atoms with Gasteiger partial charge >= 0.3 is 0 Å². The van der Waals surface area contributed by atoms with Gasteiger partial charge in [0.25, 0.3) is 5.91 Å². The molecule has 0 bridgehead atoms. The predicted molar refractivity (Wildman–Crippen MR) is 123 cm³/mol. The molecule has 0 atom stereocenters. The van der Waals surface area contributed by atoms with E-state index in [4.69, 9.17) is 26.1 Å². The minimum atomic E-state index is -0.349. The fourth-order valence-electron chi connectivity index (χ4n) is 3.40. The van der Waals surface area contributed by atoms with Crippen LogP contribution in [0.2, 0.25) is 0 Å². The summed E-state index contributed by atoms with van der Waals surface area (Å²) in [5, 5.41) is 5.94. The number of carbonyl (C=O) groups is 1. The van der Waals surface area contributed by atoms with Crippen LogP contribution in [0.1, 0.15) is 15.9 Å². The van der Waals surface area contributed by atoms with Gasteiger partial charge in [0.05, 0.1) is 0 Å². The van der Waals surface area contributed by atoms with E-state index in [-0.39, 0.29) is 11.0 Å². The second kappa shape index (κ2) is 8.27. The van der Waals surface area contributed by atoms with E-state index in [1.54, 1.807) is 30.5 Å². The third kappa shape index (κ3) is 3.85. The zero-order valence-corrected chi connectivity index (χ0v) is 17.9. The zero-order valence-electron chi connectivity index (χ0n) is 17.0. The molecular formula is C23H18N4O4S. The number of hydrogen-bond donors (Lipinski definition) is 2. The smallest absolute Gasteiger partial charge is 0.257 e. The number of amides is 1. The number of nitrogens with one attached hydrogen (secondary N) is 2. The Bertz CT molecular complexity index is 1320. The second-order valence-corrected chi connectivity index (χ2v) is 7.50. The first-order valence-electron chi connectivity index (χ1n) is 9.92. The highest BCUT2D eigenvalue weighted by Crippen LogP contribution is 2.31. The molecule has 1 aliphatic heterocycles. The molecule has 160 valence electrons. The number of carbonyl (C=O) groups excluding carboxylic acids is 1. The van der Waals surface area contributed by atoms with E-state index < -0.39 is 0 Å². The van der Waals surface area contributed by atoms with E-state index in [1.165, 1.54) is 0 Å². The van der Waals surface area contributed by atoms with Crippen molar-refractivity contribution in [2.45, 2.75) is 6.92 Å². The zero-order chi connectivity index (χ0) is 22.1. The minimum absolute atomic E-state index is 0.171. The van der Waals surface area contributed by atoms with Crippen LogP contribution in [0.3, 0.4) is 0 Å². The number of rotatable bonds is 3. The van der Waals surface area contributed by atoms with Gasteiger partial charge in [-0.1, -0.05) is 6.07 Å². The summed E-state index contributed by atoms with van der Waals surface area (Å²) in [6.45, 7) is 2.86. The molecule has 5 rings (SSSR count). The summed E-state index contributed by atoms with van der Waals surface area (Å²) in [7, 11) is 0. The maximum absolute atomic E-state index is 12.6. The number of aromatic nitrogens is 2. The number of oxazole rings is 1. The Kier molecular flexibility index (Phi) is 5.16. The first-order chi connectivity index (χ1) is 15.6. The lowest BCUT2D eigenvalue weighted by Gasteiger charge is -2.19. The Morgan fingerprint density at radius 3 is 2.75 bits per heavy atom. The molecule has 3 heterocycles. The molecule has 2 N–H and O–H groups in total. The topological polar surface area (TPSA) is 98.5 Å². The standard InChI is InChI=1S/C23H18N4O4S/c1-13-15(22-26-20-18(31-22)6-3-9-24-20)4-2-5-16(13)25-23(32)27-21(28)14-7-8-17-19(12-14)30-11-10-29-17/h2-9,12H,10-11H2,1H3,(H2,25,27,28,32). The number of hydrogen-bond acceptors (Lipinski definition) is 7. The molecule has 0 aliphatic carbocycles. The molecule has 0 saturated heterocycles. The molecule has 0 unspecified atom stereocenters. The molecule has 0 fully saturated rings. The van der Waals surface area contributed by atoms with Crippen molar-refractivity contribution in [2.75, 3.05) is 18.5 Å². The van der Waals surface area contributed by atoms with Gasteiger partial charge in [0.1, 0.15) is 13.2 Å². The maximum atomic E-state index is 12.6. The monoisotopic (exact) mass is 446 g/mol. The van der Waals surface area contributed by atoms with Crippen molar-refractivity contribution in [3.63, 3.8) is 0 Å². The summed E-state index contributed by atoms with van der Waals surface area (Å²) in [4.78, 5) is 21.3. The quantitative estimate of drug-likeness (QED) is 0.454. The summed E-state index contributed by atoms with van der Waals surface area (Å²) >= 11 is 5.36. The van der Waals surface area contributed by atoms with Gasteiger partial charge in [-0.05, 0) is 67.2 Å². The van der Waals surface area contributed by atoms with E-state index in [0.717, 1.165) is 16.8 Å². The maximum Gasteiger partial charge on any atom is 0.257 e. The number of benzene rings is 2. The van der Waals surface area contributed by atoms with Crippen molar-refractivity contribution in [2.24, 2.45) is 0 Å². The molecule has 9 heteroatoms. The van der Waals surface area contributed by atoms with Crippen molar-refractivity contribution in [1.82, 2.24) is 15.3 Å². The molecule has 0 spiro atoms. The number of ether oxygens (including phenoxy) is 2. The lowest BCUT2D eigenvalue weighted by atomic mass is 10.1. The molecule has 4 aromatic rings. The van der Waals surface area contributed by atoms with Gasteiger partial charge in [0.2, 0.25) is 5.89 Å². The number of anilines is 1. The Balaban J connectivity index is 1.32. The first kappa shape index (κ1) is 20.0. The summed E-state index contributed by atoms with van der Waals surface area (Å²) in [6, 6.07) is 14.3. The van der Waals surface area contributed by atoms with Gasteiger partial charge in [-0.3, -0.25) is 10.1 Å². The van der Waals surface area contributed by atoms with Gasteiger partial charge in [0.15, 0.2) is 27.8 Å². The average molecular weight is 446 g/mol. The van der Waals surface area contributed by atoms with Crippen LogP contribution in [0, 0.1) is 6.92 Å². The molecular weight excluding hydrogens is 428 g/mol. The summed E-state index contributed by atoms with van der Waals surface area (Å²) in [6.07, 6.45) is 1.67. The number of thiocarbonyl (C=S) groups is 1. The molecule has 32 heavy (non-hydrogen) atoms. The number of fused-ring (bicyclic) bond motifs is 2. The van der Waals surface area contributed by atoms with Crippen LogP contribution in [-0.2, 0) is 0 Å². The fraction of sp³-hybridized carbons (Fsp3) is 0.130. The fourth-order valence-corrected chi connectivity index (χ4v) is 3.60. The summed E-state index contributed by atoms with van der Waals surface area (Å²) in [5.74, 6) is 1.28. The van der Waals surface area contributed by atoms with E-state index in [2.05, 4.69) is 20.6 Å². The van der Waals surface area contributed by atoms with Crippen LogP contribution < -0.4 is 20.1 Å². The molecule has 0 saturated carbocycles. The molecule has 1 amide bonds. The van der Waals surface area contributed by atoms with Crippen molar-refractivity contribution in [3.05, 3.63) is 65.9 Å². The molecule has 1 aliphatic rings. The minimum Gasteiger partial charge on any atom is -0.486 e. The molecule has 8 nitrogen and oxygen atoms in total. The normalized spacial score (nSPS) is 12.4. The first-order valence-corrected chi connectivity index (χ1v) is 10.3. The highest BCUT2D eigenvalue weighted by molar-refractivity contribution is 7.80. The van der Waals surface area contributed by atoms with E-state index >= 15 is 0 Å². The van der Waals surface area contributed by atoms with Crippen molar-refractivity contribution in [3.8, 4) is 23.0 Å². The Morgan fingerprint density at radius 1 is 1.06 bits per heavy atom. The van der Waals surface area contributed by atoms with E-state index in [9.17, 15) is 4.79 Å². The van der Waals surface area contributed by atoms with Crippen LogP contribution in [0.4, 0.5) is 5.69 Å². The number of nitrogens with zero attached hydrogens (tertiary/aromatic N) is 2. The predicted octanol–water partition coefficient (Wildman–Crippen LogP) is 4.10. The SMILES string of the molecule is Cc1c(NC(=S)NC(=O)c2ccc3c(c2)OCCO3)cccc1-c1nc2ncccc2o1. The highest BCUT2D eigenvalue weighted by Gasteiger charge is 2.17. The van der Waals surface area contributed by atoms with Crippen LogP contribution >= 0.6 is 12.2 Å². The lowest BCUT2D eigenvalue weighted by molar-refractivity contribution is 0.0976. The van der Waals surface area contributed by atoms with Crippen molar-refractivity contribution in [1.29, 1.82) is 0 Å². The van der Waals surface area contributed by atoms with Crippen LogP contribution in [0.5, 0.6) is 11.5 Å². The average Bonchev–Trinajstić information content (AvgIpc) is 3.24. The third-order valence-electron chi connectivity index (χ3n) is 5.01. The van der Waals surface area contributed by atoms with Crippen LogP contribution in [-0.4, -0.2) is 34.2 Å². The molecule has 0 radical (unpaired) electrons. The highest BCUT2D eigenvalue weighted by atomic mass is 32.1. The largest absolute Gasteiger partial charge is 0.486 e. The summed E-state index contributed by atoms with van der Waals surface area (Å²) < 4.78 is 16.9. The molecule has 2 aromatic heterocycles. The van der Waals surface area contributed by atoms with Crippen molar-refractivity contribution >= 4 is 40.2 Å². The van der Waals surface area contributed by atoms with Gasteiger partial charge < -0.3 is 19.2 Å². The lowest BCUT2D eigenvalue weighted by Crippen LogP contribution is -2.34. The van der Waals surface area contributed by atoms with Gasteiger partial charge in [-0.2, -0.15) is 4.98 Å². The van der Waals surface area contributed by atoms with Crippen molar-refractivity contribution < 1.29 is 18.7 Å². The van der Waals surface area contributed by atoms with Gasteiger partial charge in [-0.15, -0.1) is 0 Å². The van der Waals surface area contributed by atoms with Crippen LogP contribution in [0.25, 0.3) is 22.7 Å². The van der Waals surface area contributed by atoms with Gasteiger partial charge in [-0.25, -0.2) is 4.98 Å². The van der Waals surface area contributed by atoms with Crippen LogP contribution in [0.15, 0.2) is 59.1 Å². The molecule has 2 aromatic carbocycles. The Labute approximate surface area is 188 Å². The van der Waals surface area contributed by atoms with E-state index in [1.807, 2.05) is 31.2 Å². The summed E-state index contributed by atoms with van der Waals surface area (Å²) in [5.41, 5.74) is 3.97. The number of pyridine rings is 1. The van der Waals surface area contributed by atoms with Gasteiger partial charge in [0, 0.05) is 23.0 Å². The Hall–Kier alpha value is -3.98. The third-order valence-corrected chi connectivity index (χ3v) is 5.21. The second-order valence-electron chi connectivity index (χ2n) is 7.09. The Morgan fingerprint density at radius 2 is 1.91 bits per heavy atom.